The Balaban J connectivity index is 1.59. The molecule has 4 aromatic carbocycles. The molecule has 0 spiro atoms. The summed E-state index contributed by atoms with van der Waals surface area (Å²) in [7, 11) is 0. The number of rotatable bonds is 13. The standard InChI is InChI=1S/C37H26F6O5/c1-37(27-12-18-30(19-13-27)47-35(42)33(38)39,28-14-20-31(21-15-28)48-36(43)34(40)41)26-10-6-24(7-11-26)9-17-29(44)16-8-23-2-4-25(5-3-23)22-32(45)46/h2-21H,22H2,1H3,(H,45,46). The number of carbonyl (C=O) groups is 2. The maximum absolute atomic E-state index is 13.3. The molecular weight excluding hydrogens is 638 g/mol. The van der Waals surface area contributed by atoms with Crippen LogP contribution in [0.4, 0.5) is 26.3 Å². The summed E-state index contributed by atoms with van der Waals surface area (Å²) in [6.07, 6.45) is 0.654. The van der Waals surface area contributed by atoms with Crippen molar-refractivity contribution >= 4 is 23.9 Å². The molecule has 0 unspecified atom stereocenters. The second-order valence-corrected chi connectivity index (χ2v) is 10.4. The molecule has 4 aromatic rings. The molecule has 0 aromatic heterocycles. The van der Waals surface area contributed by atoms with Crippen molar-refractivity contribution in [3.63, 3.8) is 0 Å². The van der Waals surface area contributed by atoms with Crippen molar-refractivity contribution in [2.75, 3.05) is 0 Å². The van der Waals surface area contributed by atoms with E-state index >= 15 is 0 Å². The second kappa shape index (κ2) is 15.6. The van der Waals surface area contributed by atoms with Crippen LogP contribution < -0.4 is 9.47 Å². The number of hydrogen-bond donors (Lipinski definition) is 1. The molecule has 0 aliphatic carbocycles. The number of aliphatic carboxylic acids is 1. The lowest BCUT2D eigenvalue weighted by molar-refractivity contribution is -0.136. The van der Waals surface area contributed by atoms with Crippen LogP contribution >= 0.6 is 0 Å². The lowest BCUT2D eigenvalue weighted by Gasteiger charge is -2.32. The molecule has 0 bridgehead atoms. The van der Waals surface area contributed by atoms with E-state index in [0.717, 1.165) is 5.56 Å². The number of carboxylic acids is 1. The van der Waals surface area contributed by atoms with Crippen LogP contribution in [0.15, 0.2) is 133 Å². The summed E-state index contributed by atoms with van der Waals surface area (Å²) < 4.78 is 85.9. The van der Waals surface area contributed by atoms with Gasteiger partial charge in [-0.1, -0.05) is 84.9 Å². The van der Waals surface area contributed by atoms with E-state index in [9.17, 15) is 35.9 Å². The van der Waals surface area contributed by atoms with Gasteiger partial charge >= 0.3 is 30.2 Å². The minimum atomic E-state index is -2.61. The molecule has 0 aliphatic rings. The molecule has 0 radical (unpaired) electrons. The summed E-state index contributed by atoms with van der Waals surface area (Å²) in [5.74, 6) is -1.59. The van der Waals surface area contributed by atoms with Crippen LogP contribution in [-0.2, 0) is 21.4 Å². The maximum Gasteiger partial charge on any atom is 0.344 e. The molecule has 0 saturated heterocycles. The Kier molecular flexibility index (Phi) is 11.4. The van der Waals surface area contributed by atoms with Crippen molar-refractivity contribution in [2.45, 2.75) is 18.8 Å². The van der Waals surface area contributed by atoms with Crippen LogP contribution in [0.5, 0.6) is 11.5 Å². The van der Waals surface area contributed by atoms with Crippen molar-refractivity contribution in [1.82, 2.24) is 0 Å². The van der Waals surface area contributed by atoms with Gasteiger partial charge in [-0.15, -0.1) is 0 Å². The summed E-state index contributed by atoms with van der Waals surface area (Å²) in [5, 5.41) is 8.88. The van der Waals surface area contributed by atoms with Crippen LogP contribution in [0.25, 0.3) is 12.2 Å². The Morgan fingerprint density at radius 2 is 0.958 bits per heavy atom. The van der Waals surface area contributed by atoms with Gasteiger partial charge in [-0.25, -0.2) is 0 Å². The van der Waals surface area contributed by atoms with E-state index in [0.29, 0.717) is 27.8 Å². The lowest BCUT2D eigenvalue weighted by atomic mass is 9.71. The van der Waals surface area contributed by atoms with E-state index < -0.39 is 35.6 Å². The number of halogens is 6. The van der Waals surface area contributed by atoms with E-state index in [4.69, 9.17) is 5.11 Å². The number of carboxylic acid groups (broad SMARTS) is 1. The molecule has 48 heavy (non-hydrogen) atoms. The highest BCUT2D eigenvalue weighted by Crippen LogP contribution is 2.40. The minimum Gasteiger partial charge on any atom is -0.481 e. The topological polar surface area (TPSA) is 72.8 Å². The zero-order valence-electron chi connectivity index (χ0n) is 25.1. The van der Waals surface area contributed by atoms with Gasteiger partial charge in [0.25, 0.3) is 0 Å². The zero-order valence-corrected chi connectivity index (χ0v) is 25.1. The largest absolute Gasteiger partial charge is 0.481 e. The van der Waals surface area contributed by atoms with Crippen molar-refractivity contribution < 1.29 is 50.5 Å². The minimum absolute atomic E-state index is 0.0992. The predicted octanol–water partition coefficient (Wildman–Crippen LogP) is 9.79. The number of benzene rings is 4. The smallest absolute Gasteiger partial charge is 0.344 e. The van der Waals surface area contributed by atoms with Crippen molar-refractivity contribution in [3.8, 4) is 11.5 Å². The van der Waals surface area contributed by atoms with Crippen molar-refractivity contribution in [3.05, 3.63) is 167 Å². The molecular formula is C37H26F6O5. The first-order valence-corrected chi connectivity index (χ1v) is 14.1. The van der Waals surface area contributed by atoms with Gasteiger partial charge in [-0.3, -0.25) is 9.59 Å². The highest BCUT2D eigenvalue weighted by atomic mass is 19.3. The Bertz CT molecular complexity index is 1800. The maximum atomic E-state index is 13.3. The first-order valence-electron chi connectivity index (χ1n) is 14.1. The van der Waals surface area contributed by atoms with Crippen LogP contribution in [0.3, 0.4) is 0 Å². The summed E-state index contributed by atoms with van der Waals surface area (Å²) in [5.41, 5.74) is 2.99. The van der Waals surface area contributed by atoms with Gasteiger partial charge in [-0.05, 0) is 76.7 Å². The van der Waals surface area contributed by atoms with E-state index in [1.807, 2.05) is 6.92 Å². The number of allylic oxidation sites excluding steroid dienone is 2. The third-order valence-corrected chi connectivity index (χ3v) is 7.28. The first kappa shape index (κ1) is 35.0. The average Bonchev–Trinajstić information content (AvgIpc) is 3.07. The van der Waals surface area contributed by atoms with Crippen molar-refractivity contribution in [2.24, 2.45) is 0 Å². The highest BCUT2D eigenvalue weighted by molar-refractivity contribution is 6.04. The number of carbonyl (C=O) groups excluding carboxylic acids is 1. The fraction of sp³-hybridized carbons (Fsp3) is 0.0811. The van der Waals surface area contributed by atoms with Gasteiger partial charge < -0.3 is 14.6 Å². The molecule has 0 heterocycles. The summed E-state index contributed by atoms with van der Waals surface area (Å²) >= 11 is 0. The normalized spacial score (nSPS) is 11.4. The molecule has 5 nitrogen and oxygen atoms in total. The SMILES string of the molecule is CC(c1ccc(C=CC(=O)C=Cc2ccc(CC(=O)O)cc2)cc1)(c1ccc(OC(F)=C(F)F)cc1)c1ccc(OC(F)=C(F)F)cc1. The van der Waals surface area contributed by atoms with Gasteiger partial charge in [0.2, 0.25) is 0 Å². The van der Waals surface area contributed by atoms with E-state index in [2.05, 4.69) is 9.47 Å². The summed E-state index contributed by atoms with van der Waals surface area (Å²) in [6.45, 7) is 1.83. The van der Waals surface area contributed by atoms with Gasteiger partial charge in [0, 0.05) is 5.41 Å². The predicted molar refractivity (Wildman–Crippen MR) is 168 cm³/mol. The molecule has 0 fully saturated rings. The molecule has 11 heteroatoms. The lowest BCUT2D eigenvalue weighted by Crippen LogP contribution is -2.25. The molecule has 0 saturated carbocycles. The third-order valence-electron chi connectivity index (χ3n) is 7.28. The quantitative estimate of drug-likeness (QED) is 0.0667. The highest BCUT2D eigenvalue weighted by Gasteiger charge is 2.31. The fourth-order valence-electron chi connectivity index (χ4n) is 4.76. The van der Waals surface area contributed by atoms with Crippen LogP contribution in [0, 0.1) is 0 Å². The van der Waals surface area contributed by atoms with E-state index in [-0.39, 0.29) is 23.7 Å². The molecule has 4 rings (SSSR count). The fourth-order valence-corrected chi connectivity index (χ4v) is 4.76. The molecule has 0 atom stereocenters. The van der Waals surface area contributed by atoms with Gasteiger partial charge in [0.15, 0.2) is 5.78 Å². The van der Waals surface area contributed by atoms with Crippen LogP contribution in [0.2, 0.25) is 0 Å². The van der Waals surface area contributed by atoms with Crippen LogP contribution in [-0.4, -0.2) is 16.9 Å². The number of ether oxygens (including phenoxy) is 2. The van der Waals surface area contributed by atoms with E-state index in [1.54, 1.807) is 84.9 Å². The second-order valence-electron chi connectivity index (χ2n) is 10.4. The van der Waals surface area contributed by atoms with Crippen LogP contribution in [0.1, 0.15) is 40.3 Å². The molecule has 1 N–H and O–H groups in total. The third kappa shape index (κ3) is 9.12. The summed E-state index contributed by atoms with van der Waals surface area (Å²) in [4.78, 5) is 23.3. The van der Waals surface area contributed by atoms with Gasteiger partial charge in [0.05, 0.1) is 6.42 Å². The zero-order chi connectivity index (χ0) is 34.8. The Morgan fingerprint density at radius 1 is 0.604 bits per heavy atom. The first-order chi connectivity index (χ1) is 22.8. The Hall–Kier alpha value is -5.84. The monoisotopic (exact) mass is 664 g/mol. The Labute approximate surface area is 271 Å². The Morgan fingerprint density at radius 3 is 1.31 bits per heavy atom. The number of ketones is 1. The van der Waals surface area contributed by atoms with Crippen molar-refractivity contribution in [1.29, 1.82) is 0 Å². The average molecular weight is 665 g/mol. The molecule has 0 amide bonds. The molecule has 0 aliphatic heterocycles. The van der Waals surface area contributed by atoms with Gasteiger partial charge in [-0.2, -0.15) is 26.3 Å². The number of hydrogen-bond acceptors (Lipinski definition) is 4. The van der Waals surface area contributed by atoms with E-state index in [1.165, 1.54) is 36.4 Å². The summed E-state index contributed by atoms with van der Waals surface area (Å²) in [6, 6.07) is 21.2. The van der Waals surface area contributed by atoms with Gasteiger partial charge in [0.1, 0.15) is 11.5 Å². The molecule has 246 valence electrons.